The molecule has 0 aliphatic heterocycles. The molecule has 2 heterocycles. The Balaban J connectivity index is 2.08. The largest absolute Gasteiger partial charge is 0.236 e. The summed E-state index contributed by atoms with van der Waals surface area (Å²) in [5.74, 6) is 0. The van der Waals surface area contributed by atoms with E-state index < -0.39 is 9.84 Å². The van der Waals surface area contributed by atoms with Crippen LogP contribution in [0.5, 0.6) is 0 Å². The van der Waals surface area contributed by atoms with Gasteiger partial charge in [-0.05, 0) is 19.1 Å². The average molecular weight is 349 g/mol. The van der Waals surface area contributed by atoms with Crippen molar-refractivity contribution >= 4 is 15.5 Å². The molecule has 0 fully saturated rings. The summed E-state index contributed by atoms with van der Waals surface area (Å²) in [5, 5.41) is 4.45. The Bertz CT molecular complexity index is 1150. The van der Waals surface area contributed by atoms with Crippen molar-refractivity contribution in [3.05, 3.63) is 78.6 Å². The highest BCUT2D eigenvalue weighted by Crippen LogP contribution is 2.31. The monoisotopic (exact) mass is 349 g/mol. The Morgan fingerprint density at radius 2 is 1.56 bits per heavy atom. The maximum atomic E-state index is 13.2. The number of aromatic nitrogens is 3. The third-order valence-electron chi connectivity index (χ3n) is 3.96. The molecule has 0 amide bonds. The van der Waals surface area contributed by atoms with Crippen molar-refractivity contribution in [2.75, 3.05) is 0 Å². The lowest BCUT2D eigenvalue weighted by atomic mass is 10.1. The summed E-state index contributed by atoms with van der Waals surface area (Å²) < 4.78 is 28.0. The molecule has 0 radical (unpaired) electrons. The summed E-state index contributed by atoms with van der Waals surface area (Å²) in [6, 6.07) is 19.6. The molecule has 0 bridgehead atoms. The molecule has 4 rings (SSSR count). The van der Waals surface area contributed by atoms with Crippen LogP contribution in [0.3, 0.4) is 0 Å². The van der Waals surface area contributed by atoms with Crippen molar-refractivity contribution in [3.63, 3.8) is 0 Å². The minimum atomic E-state index is -3.72. The molecular weight excluding hydrogens is 334 g/mol. The number of fused-ring (bicyclic) bond motifs is 1. The van der Waals surface area contributed by atoms with Crippen LogP contribution < -0.4 is 0 Å². The van der Waals surface area contributed by atoms with Crippen LogP contribution in [0.4, 0.5) is 0 Å². The lowest BCUT2D eigenvalue weighted by Crippen LogP contribution is -2.09. The van der Waals surface area contributed by atoms with Gasteiger partial charge in [-0.2, -0.15) is 5.10 Å². The number of rotatable bonds is 3. The molecule has 2 aromatic heterocycles. The molecule has 0 saturated heterocycles. The fraction of sp³-hybridized carbons (Fsp3) is 0.0526. The van der Waals surface area contributed by atoms with Crippen molar-refractivity contribution < 1.29 is 8.42 Å². The van der Waals surface area contributed by atoms with E-state index in [4.69, 9.17) is 0 Å². The van der Waals surface area contributed by atoms with E-state index in [0.29, 0.717) is 11.3 Å². The van der Waals surface area contributed by atoms with E-state index in [1.54, 1.807) is 34.8 Å². The van der Waals surface area contributed by atoms with Gasteiger partial charge in [0.15, 0.2) is 5.65 Å². The van der Waals surface area contributed by atoms with Gasteiger partial charge in [0.05, 0.1) is 22.5 Å². The van der Waals surface area contributed by atoms with Gasteiger partial charge in [0.1, 0.15) is 4.90 Å². The van der Waals surface area contributed by atoms with E-state index in [1.807, 2.05) is 43.3 Å². The van der Waals surface area contributed by atoms with Crippen LogP contribution in [-0.2, 0) is 9.84 Å². The fourth-order valence-corrected chi connectivity index (χ4v) is 4.24. The van der Waals surface area contributed by atoms with Crippen LogP contribution in [0, 0.1) is 6.92 Å². The highest BCUT2D eigenvalue weighted by Gasteiger charge is 2.25. The fourth-order valence-electron chi connectivity index (χ4n) is 2.82. The first-order valence-corrected chi connectivity index (χ1v) is 9.26. The summed E-state index contributed by atoms with van der Waals surface area (Å²) in [6.45, 7) is 1.86. The molecule has 0 unspecified atom stereocenters. The summed E-state index contributed by atoms with van der Waals surface area (Å²) in [4.78, 5) is 4.67. The van der Waals surface area contributed by atoms with E-state index in [-0.39, 0.29) is 9.79 Å². The van der Waals surface area contributed by atoms with E-state index in [0.717, 1.165) is 11.3 Å². The summed E-state index contributed by atoms with van der Waals surface area (Å²) in [7, 11) is -3.72. The molecule has 6 heteroatoms. The van der Waals surface area contributed by atoms with E-state index in [2.05, 4.69) is 10.1 Å². The van der Waals surface area contributed by atoms with Gasteiger partial charge in [-0.25, -0.2) is 17.9 Å². The highest BCUT2D eigenvalue weighted by atomic mass is 32.2. The first-order chi connectivity index (χ1) is 12.1. The van der Waals surface area contributed by atoms with Crippen LogP contribution in [0.25, 0.3) is 16.9 Å². The number of nitrogens with zero attached hydrogens (tertiary/aromatic N) is 3. The number of sulfone groups is 1. The first-order valence-electron chi connectivity index (χ1n) is 7.78. The van der Waals surface area contributed by atoms with E-state index in [9.17, 15) is 8.42 Å². The van der Waals surface area contributed by atoms with Crippen LogP contribution in [-0.4, -0.2) is 23.0 Å². The smallest absolute Gasteiger partial charge is 0.210 e. The van der Waals surface area contributed by atoms with Gasteiger partial charge < -0.3 is 0 Å². The third kappa shape index (κ3) is 2.60. The first kappa shape index (κ1) is 15.5. The molecule has 0 aliphatic carbocycles. The summed E-state index contributed by atoms with van der Waals surface area (Å²) in [5.41, 5.74) is 2.68. The lowest BCUT2D eigenvalue weighted by molar-refractivity contribution is 0.595. The molecule has 0 spiro atoms. The minimum Gasteiger partial charge on any atom is -0.236 e. The van der Waals surface area contributed by atoms with Gasteiger partial charge >= 0.3 is 0 Å². The number of hydrogen-bond donors (Lipinski definition) is 0. The van der Waals surface area contributed by atoms with Crippen molar-refractivity contribution in [2.24, 2.45) is 0 Å². The normalized spacial score (nSPS) is 11.7. The highest BCUT2D eigenvalue weighted by molar-refractivity contribution is 7.91. The quantitative estimate of drug-likeness (QED) is 0.567. The molecule has 0 atom stereocenters. The minimum absolute atomic E-state index is 0.139. The second-order valence-electron chi connectivity index (χ2n) is 5.71. The van der Waals surface area contributed by atoms with Gasteiger partial charge in [-0.15, -0.1) is 0 Å². The van der Waals surface area contributed by atoms with E-state index >= 15 is 0 Å². The Morgan fingerprint density at radius 3 is 2.24 bits per heavy atom. The standard InChI is InChI=1S/C19H15N3O2S/c1-14-12-18-20-13-17(25(23,24)16-10-6-3-7-11-16)19(22(18)21-14)15-8-4-2-5-9-15/h2-13H,1H3. The van der Waals surface area contributed by atoms with Crippen molar-refractivity contribution in [2.45, 2.75) is 16.7 Å². The zero-order chi connectivity index (χ0) is 17.4. The van der Waals surface area contributed by atoms with Gasteiger partial charge in [0, 0.05) is 11.6 Å². The number of hydrogen-bond acceptors (Lipinski definition) is 4. The van der Waals surface area contributed by atoms with Gasteiger partial charge in [-0.1, -0.05) is 48.5 Å². The SMILES string of the molecule is Cc1cc2ncc(S(=O)(=O)c3ccccc3)c(-c3ccccc3)n2n1. The van der Waals surface area contributed by atoms with Gasteiger partial charge in [0.25, 0.3) is 0 Å². The Kier molecular flexibility index (Phi) is 3.62. The third-order valence-corrected chi connectivity index (χ3v) is 5.73. The molecular formula is C19H15N3O2S. The van der Waals surface area contributed by atoms with E-state index in [1.165, 1.54) is 6.20 Å². The lowest BCUT2D eigenvalue weighted by Gasteiger charge is -2.12. The van der Waals surface area contributed by atoms with Crippen LogP contribution in [0.2, 0.25) is 0 Å². The van der Waals surface area contributed by atoms with Gasteiger partial charge in [0.2, 0.25) is 9.84 Å². The zero-order valence-electron chi connectivity index (χ0n) is 13.5. The molecule has 4 aromatic rings. The molecule has 5 nitrogen and oxygen atoms in total. The Hall–Kier alpha value is -2.99. The molecule has 0 N–H and O–H groups in total. The Morgan fingerprint density at radius 1 is 0.920 bits per heavy atom. The molecule has 0 aliphatic rings. The van der Waals surface area contributed by atoms with Crippen LogP contribution in [0.1, 0.15) is 5.69 Å². The number of aryl methyl sites for hydroxylation is 1. The predicted molar refractivity (Wildman–Crippen MR) is 95.1 cm³/mol. The molecule has 25 heavy (non-hydrogen) atoms. The molecule has 2 aromatic carbocycles. The van der Waals surface area contributed by atoms with Gasteiger partial charge in [-0.3, -0.25) is 0 Å². The summed E-state index contributed by atoms with van der Waals surface area (Å²) in [6.07, 6.45) is 1.42. The second-order valence-corrected chi connectivity index (χ2v) is 7.63. The van der Waals surface area contributed by atoms with Crippen LogP contribution >= 0.6 is 0 Å². The second kappa shape index (κ2) is 5.82. The topological polar surface area (TPSA) is 64.3 Å². The average Bonchev–Trinajstić information content (AvgIpc) is 3.02. The number of benzene rings is 2. The van der Waals surface area contributed by atoms with Crippen molar-refractivity contribution in [3.8, 4) is 11.3 Å². The zero-order valence-corrected chi connectivity index (χ0v) is 14.3. The maximum absolute atomic E-state index is 13.2. The van der Waals surface area contributed by atoms with Crippen LogP contribution in [0.15, 0.2) is 82.7 Å². The summed E-state index contributed by atoms with van der Waals surface area (Å²) >= 11 is 0. The maximum Gasteiger partial charge on any atom is 0.210 e. The Labute approximate surface area is 145 Å². The van der Waals surface area contributed by atoms with Crippen molar-refractivity contribution in [1.82, 2.24) is 14.6 Å². The predicted octanol–water partition coefficient (Wildman–Crippen LogP) is 3.54. The molecule has 0 saturated carbocycles. The molecule has 124 valence electrons. The van der Waals surface area contributed by atoms with Crippen molar-refractivity contribution in [1.29, 1.82) is 0 Å².